The first-order valence-corrected chi connectivity index (χ1v) is 4.22. The van der Waals surface area contributed by atoms with Crippen LogP contribution in [0.5, 0.6) is 0 Å². The van der Waals surface area contributed by atoms with Gasteiger partial charge in [0.15, 0.2) is 0 Å². The topological polar surface area (TPSA) is 12.0 Å². The Labute approximate surface area is 77.9 Å². The molecule has 4 heteroatoms. The molecule has 1 aromatic rings. The highest BCUT2D eigenvalue weighted by Gasteiger charge is 2.08. The van der Waals surface area contributed by atoms with Crippen molar-refractivity contribution in [1.82, 2.24) is 5.32 Å². The van der Waals surface area contributed by atoms with Crippen molar-refractivity contribution in [2.45, 2.75) is 6.54 Å². The first-order valence-electron chi connectivity index (χ1n) is 3.43. The van der Waals surface area contributed by atoms with Gasteiger partial charge in [0.2, 0.25) is 0 Å². The van der Waals surface area contributed by atoms with Gasteiger partial charge in [-0.2, -0.15) is 0 Å². The van der Waals surface area contributed by atoms with Gasteiger partial charge in [-0.3, -0.25) is 0 Å². The van der Waals surface area contributed by atoms with Crippen LogP contribution in [-0.2, 0) is 6.54 Å². The molecule has 0 aliphatic rings. The van der Waals surface area contributed by atoms with E-state index in [1.807, 2.05) is 0 Å². The van der Waals surface area contributed by atoms with Crippen LogP contribution in [0.4, 0.5) is 8.78 Å². The minimum Gasteiger partial charge on any atom is -0.315 e. The molecule has 0 fully saturated rings. The highest BCUT2D eigenvalue weighted by Crippen LogP contribution is 2.18. The van der Waals surface area contributed by atoms with Gasteiger partial charge in [-0.15, -0.1) is 0 Å². The highest BCUT2D eigenvalue weighted by molar-refractivity contribution is 9.10. The molecule has 0 unspecified atom stereocenters. The van der Waals surface area contributed by atoms with Crippen LogP contribution in [0.1, 0.15) is 5.56 Å². The predicted octanol–water partition coefficient (Wildman–Crippen LogP) is 2.45. The van der Waals surface area contributed by atoms with Crippen LogP contribution in [0, 0.1) is 11.6 Å². The summed E-state index contributed by atoms with van der Waals surface area (Å²) >= 11 is 3.00. The van der Waals surface area contributed by atoms with Gasteiger partial charge < -0.3 is 5.32 Å². The Bertz CT molecular complexity index is 265. The van der Waals surface area contributed by atoms with Crippen molar-refractivity contribution in [2.24, 2.45) is 0 Å². The first-order chi connectivity index (χ1) is 5.65. The zero-order chi connectivity index (χ0) is 9.14. The molecule has 0 amide bonds. The van der Waals surface area contributed by atoms with Crippen LogP contribution in [0.3, 0.4) is 0 Å². The summed E-state index contributed by atoms with van der Waals surface area (Å²) < 4.78 is 26.4. The first kappa shape index (κ1) is 9.61. The normalized spacial score (nSPS) is 10.3. The average Bonchev–Trinajstić information content (AvgIpc) is 1.96. The lowest BCUT2D eigenvalue weighted by molar-refractivity contribution is 0.544. The van der Waals surface area contributed by atoms with E-state index in [0.717, 1.165) is 0 Å². The van der Waals surface area contributed by atoms with Crippen LogP contribution in [0.25, 0.3) is 0 Å². The molecule has 12 heavy (non-hydrogen) atoms. The molecular formula is C8H8BrF2N. The molecule has 1 N–H and O–H groups in total. The van der Waals surface area contributed by atoms with Crippen LogP contribution in [-0.4, -0.2) is 7.05 Å². The Morgan fingerprint density at radius 2 is 1.83 bits per heavy atom. The van der Waals surface area contributed by atoms with Crippen LogP contribution >= 0.6 is 15.9 Å². The minimum atomic E-state index is -0.531. The van der Waals surface area contributed by atoms with Crippen molar-refractivity contribution in [3.63, 3.8) is 0 Å². The summed E-state index contributed by atoms with van der Waals surface area (Å²) in [5, 5.41) is 2.69. The molecule has 0 aromatic heterocycles. The fourth-order valence-electron chi connectivity index (χ4n) is 0.918. The number of rotatable bonds is 2. The molecule has 0 atom stereocenters. The standard InChI is InChI=1S/C8H8BrF2N/c1-12-4-6-7(10)2-5(9)3-8(6)11/h2-3,12H,4H2,1H3. The monoisotopic (exact) mass is 235 g/mol. The van der Waals surface area contributed by atoms with Crippen LogP contribution < -0.4 is 5.32 Å². The maximum Gasteiger partial charge on any atom is 0.131 e. The molecule has 1 aromatic carbocycles. The molecule has 66 valence electrons. The molecule has 0 radical (unpaired) electrons. The maximum atomic E-state index is 13.0. The molecule has 0 spiro atoms. The molecule has 0 saturated carbocycles. The van der Waals surface area contributed by atoms with Crippen LogP contribution in [0.15, 0.2) is 16.6 Å². The second-order valence-electron chi connectivity index (χ2n) is 2.38. The van der Waals surface area contributed by atoms with Gasteiger partial charge in [-0.25, -0.2) is 8.78 Å². The zero-order valence-electron chi connectivity index (χ0n) is 6.50. The Balaban J connectivity index is 3.10. The molecule has 0 aliphatic carbocycles. The number of nitrogens with one attached hydrogen (secondary N) is 1. The number of halogens is 3. The van der Waals surface area contributed by atoms with Gasteiger partial charge in [0.1, 0.15) is 11.6 Å². The lowest BCUT2D eigenvalue weighted by Gasteiger charge is -2.03. The van der Waals surface area contributed by atoms with Crippen molar-refractivity contribution in [2.75, 3.05) is 7.05 Å². The summed E-state index contributed by atoms with van der Waals surface area (Å²) in [6.07, 6.45) is 0. The van der Waals surface area contributed by atoms with E-state index in [-0.39, 0.29) is 12.1 Å². The van der Waals surface area contributed by atoms with Gasteiger partial charge in [0, 0.05) is 16.6 Å². The fraction of sp³-hybridized carbons (Fsp3) is 0.250. The molecule has 1 rings (SSSR count). The third-order valence-corrected chi connectivity index (χ3v) is 1.92. The third-order valence-electron chi connectivity index (χ3n) is 1.46. The van der Waals surface area contributed by atoms with E-state index in [4.69, 9.17) is 0 Å². The summed E-state index contributed by atoms with van der Waals surface area (Å²) in [5.74, 6) is -1.06. The Morgan fingerprint density at radius 1 is 1.33 bits per heavy atom. The van der Waals surface area contributed by atoms with Gasteiger partial charge in [0.25, 0.3) is 0 Å². The van der Waals surface area contributed by atoms with Crippen molar-refractivity contribution in [3.05, 3.63) is 33.8 Å². The average molecular weight is 236 g/mol. The summed E-state index contributed by atoms with van der Waals surface area (Å²) in [6, 6.07) is 2.49. The minimum absolute atomic E-state index is 0.0701. The zero-order valence-corrected chi connectivity index (χ0v) is 8.08. The predicted molar refractivity (Wildman–Crippen MR) is 46.8 cm³/mol. The summed E-state index contributed by atoms with van der Waals surface area (Å²) in [7, 11) is 1.64. The van der Waals surface area contributed by atoms with E-state index in [0.29, 0.717) is 4.47 Å². The van der Waals surface area contributed by atoms with E-state index >= 15 is 0 Å². The molecule has 0 heterocycles. The second-order valence-corrected chi connectivity index (χ2v) is 3.29. The Hall–Kier alpha value is -0.480. The molecular weight excluding hydrogens is 228 g/mol. The smallest absolute Gasteiger partial charge is 0.131 e. The van der Waals surface area contributed by atoms with Crippen LogP contribution in [0.2, 0.25) is 0 Å². The van der Waals surface area contributed by atoms with Gasteiger partial charge in [0.05, 0.1) is 0 Å². The molecule has 1 nitrogen and oxygen atoms in total. The van der Waals surface area contributed by atoms with Crippen molar-refractivity contribution >= 4 is 15.9 Å². The SMILES string of the molecule is CNCc1c(F)cc(Br)cc1F. The van der Waals surface area contributed by atoms with E-state index in [2.05, 4.69) is 21.2 Å². The van der Waals surface area contributed by atoms with Crippen molar-refractivity contribution in [3.8, 4) is 0 Å². The van der Waals surface area contributed by atoms with Gasteiger partial charge in [-0.05, 0) is 19.2 Å². The van der Waals surface area contributed by atoms with Gasteiger partial charge >= 0.3 is 0 Å². The van der Waals surface area contributed by atoms with E-state index in [1.54, 1.807) is 7.05 Å². The number of hydrogen-bond acceptors (Lipinski definition) is 1. The summed E-state index contributed by atoms with van der Waals surface area (Å²) in [4.78, 5) is 0. The van der Waals surface area contributed by atoms with E-state index < -0.39 is 11.6 Å². The summed E-state index contributed by atoms with van der Waals surface area (Å²) in [5.41, 5.74) is 0.0701. The molecule has 0 aliphatic heterocycles. The van der Waals surface area contributed by atoms with E-state index in [9.17, 15) is 8.78 Å². The largest absolute Gasteiger partial charge is 0.315 e. The van der Waals surface area contributed by atoms with Crippen molar-refractivity contribution in [1.29, 1.82) is 0 Å². The molecule has 0 bridgehead atoms. The third kappa shape index (κ3) is 2.01. The molecule has 0 saturated heterocycles. The van der Waals surface area contributed by atoms with Gasteiger partial charge in [-0.1, -0.05) is 15.9 Å². The fourth-order valence-corrected chi connectivity index (χ4v) is 1.32. The quantitative estimate of drug-likeness (QED) is 0.831. The Kier molecular flexibility index (Phi) is 3.17. The van der Waals surface area contributed by atoms with E-state index in [1.165, 1.54) is 12.1 Å². The van der Waals surface area contributed by atoms with Crippen molar-refractivity contribution < 1.29 is 8.78 Å². The Morgan fingerprint density at radius 3 is 2.25 bits per heavy atom. The highest BCUT2D eigenvalue weighted by atomic mass is 79.9. The maximum absolute atomic E-state index is 13.0. The second kappa shape index (κ2) is 3.96. The number of hydrogen-bond donors (Lipinski definition) is 1. The lowest BCUT2D eigenvalue weighted by Crippen LogP contribution is -2.09. The number of benzene rings is 1. The lowest BCUT2D eigenvalue weighted by atomic mass is 10.2. The summed E-state index contributed by atoms with van der Waals surface area (Å²) in [6.45, 7) is 0.199.